The first-order chi connectivity index (χ1) is 15.1. The summed E-state index contributed by atoms with van der Waals surface area (Å²) in [5.41, 5.74) is 0.242. The largest absolute Gasteiger partial charge is 0.396 e. The highest BCUT2D eigenvalue weighted by atomic mass is 79.9. The maximum absolute atomic E-state index is 13.7. The molecule has 3 amide bonds. The number of alkyl halides is 1. The Balaban J connectivity index is 1.69. The first kappa shape index (κ1) is 23.6. The molecule has 3 heterocycles. The van der Waals surface area contributed by atoms with Crippen LogP contribution in [0.15, 0.2) is 30.3 Å². The number of benzene rings is 1. The third-order valence-electron chi connectivity index (χ3n) is 6.44. The average molecular weight is 524 g/mol. The highest BCUT2D eigenvalue weighted by Gasteiger charge is 2.75. The summed E-state index contributed by atoms with van der Waals surface area (Å²) in [6, 6.07) is 8.56. The Hall–Kier alpha value is -1.58. The van der Waals surface area contributed by atoms with E-state index in [-0.39, 0.29) is 34.4 Å². The lowest BCUT2D eigenvalue weighted by Crippen LogP contribution is -2.57. The number of rotatable bonds is 6. The lowest BCUT2D eigenvalue weighted by atomic mass is 9.70. The molecule has 0 saturated carbocycles. The molecule has 9 heteroatoms. The number of carbonyl (C=O) groups is 3. The van der Waals surface area contributed by atoms with E-state index < -0.39 is 28.2 Å². The van der Waals surface area contributed by atoms with Crippen LogP contribution in [0.3, 0.4) is 0 Å². The molecule has 32 heavy (non-hydrogen) atoms. The van der Waals surface area contributed by atoms with E-state index in [0.29, 0.717) is 25.1 Å². The fraction of sp³-hybridized carbons (Fsp3) is 0.609. The minimum atomic E-state index is -0.671. The van der Waals surface area contributed by atoms with Crippen molar-refractivity contribution in [3.63, 3.8) is 0 Å². The second kappa shape index (κ2) is 8.65. The number of nitrogens with zero attached hydrogens (tertiary/aromatic N) is 1. The van der Waals surface area contributed by atoms with Crippen molar-refractivity contribution in [2.24, 2.45) is 11.8 Å². The van der Waals surface area contributed by atoms with Gasteiger partial charge < -0.3 is 20.6 Å². The Morgan fingerprint density at radius 2 is 1.94 bits per heavy atom. The quantitative estimate of drug-likeness (QED) is 0.497. The zero-order valence-electron chi connectivity index (χ0n) is 18.5. The van der Waals surface area contributed by atoms with Crippen molar-refractivity contribution in [3.8, 4) is 0 Å². The number of hydrogen-bond acceptors (Lipinski definition) is 5. The van der Waals surface area contributed by atoms with E-state index in [0.717, 1.165) is 0 Å². The van der Waals surface area contributed by atoms with Gasteiger partial charge in [-0.1, -0.05) is 34.1 Å². The van der Waals surface area contributed by atoms with Crippen LogP contribution >= 0.6 is 27.7 Å². The number of hydrogen-bond donors (Lipinski definition) is 3. The minimum absolute atomic E-state index is 0.0331. The standard InChI is InChI=1S/C23H30BrN3O4S/c1-22(2,3)26-20(30)18-23-12-14(24)17(32-23)15(16(23)21(31)27(18)10-7-11-28)19(29)25-13-8-5-4-6-9-13/h4-6,8-9,14-18,28H,7,10-12H2,1-3H3,(H,25,29)(H,26,30)/t14?,15-,16-,17-,18?,23?/m0/s1. The number of aliphatic hydroxyl groups is 1. The van der Waals surface area contributed by atoms with Crippen LogP contribution in [-0.2, 0) is 14.4 Å². The minimum Gasteiger partial charge on any atom is -0.396 e. The van der Waals surface area contributed by atoms with Gasteiger partial charge in [0.25, 0.3) is 0 Å². The molecule has 1 spiro atoms. The Morgan fingerprint density at radius 1 is 1.25 bits per heavy atom. The van der Waals surface area contributed by atoms with Crippen LogP contribution in [0, 0.1) is 11.8 Å². The van der Waals surface area contributed by atoms with Crippen molar-refractivity contribution in [2.45, 2.75) is 60.0 Å². The number of para-hydroxylation sites is 1. The van der Waals surface area contributed by atoms with E-state index >= 15 is 0 Å². The van der Waals surface area contributed by atoms with E-state index in [1.807, 2.05) is 51.1 Å². The van der Waals surface area contributed by atoms with Crippen molar-refractivity contribution >= 4 is 51.1 Å². The molecule has 7 nitrogen and oxygen atoms in total. The molecule has 3 fully saturated rings. The molecular formula is C23H30BrN3O4S. The predicted molar refractivity (Wildman–Crippen MR) is 129 cm³/mol. The predicted octanol–water partition coefficient (Wildman–Crippen LogP) is 2.39. The van der Waals surface area contributed by atoms with Gasteiger partial charge in [-0.15, -0.1) is 11.8 Å². The molecule has 0 aromatic heterocycles. The van der Waals surface area contributed by atoms with E-state index in [9.17, 15) is 19.5 Å². The normalized spacial score (nSPS) is 33.3. The maximum atomic E-state index is 13.7. The molecule has 1 aromatic carbocycles. The number of aliphatic hydroxyl groups excluding tert-OH is 1. The summed E-state index contributed by atoms with van der Waals surface area (Å²) in [4.78, 5) is 42.2. The van der Waals surface area contributed by atoms with Gasteiger partial charge in [0, 0.05) is 34.5 Å². The van der Waals surface area contributed by atoms with Gasteiger partial charge in [0.15, 0.2) is 0 Å². The zero-order chi connectivity index (χ0) is 23.3. The molecule has 3 aliphatic heterocycles. The summed E-state index contributed by atoms with van der Waals surface area (Å²) in [5.74, 6) is -1.63. The Labute approximate surface area is 201 Å². The van der Waals surface area contributed by atoms with Gasteiger partial charge in [0.2, 0.25) is 17.7 Å². The van der Waals surface area contributed by atoms with Gasteiger partial charge in [-0.05, 0) is 45.7 Å². The van der Waals surface area contributed by atoms with Gasteiger partial charge in [-0.3, -0.25) is 14.4 Å². The molecule has 3 N–H and O–H groups in total. The van der Waals surface area contributed by atoms with Gasteiger partial charge in [0.05, 0.1) is 16.6 Å². The second-order valence-corrected chi connectivity index (χ2v) is 12.6. The van der Waals surface area contributed by atoms with Crippen molar-refractivity contribution in [1.29, 1.82) is 0 Å². The van der Waals surface area contributed by atoms with Crippen molar-refractivity contribution in [3.05, 3.63) is 30.3 Å². The summed E-state index contributed by atoms with van der Waals surface area (Å²) in [7, 11) is 0. The van der Waals surface area contributed by atoms with Gasteiger partial charge in [0.1, 0.15) is 6.04 Å². The van der Waals surface area contributed by atoms with E-state index in [1.54, 1.807) is 16.7 Å². The fourth-order valence-electron chi connectivity index (χ4n) is 5.40. The average Bonchev–Trinajstić information content (AvgIpc) is 3.29. The van der Waals surface area contributed by atoms with E-state index in [1.165, 1.54) is 0 Å². The smallest absolute Gasteiger partial charge is 0.244 e. The number of fused-ring (bicyclic) bond motifs is 1. The molecule has 174 valence electrons. The van der Waals surface area contributed by atoms with E-state index in [4.69, 9.17) is 0 Å². The Kier molecular flexibility index (Phi) is 6.37. The monoisotopic (exact) mass is 523 g/mol. The topological polar surface area (TPSA) is 98.7 Å². The van der Waals surface area contributed by atoms with Crippen LogP contribution in [-0.4, -0.2) is 67.3 Å². The number of halogens is 1. The highest BCUT2D eigenvalue weighted by Crippen LogP contribution is 2.67. The van der Waals surface area contributed by atoms with Crippen LogP contribution in [0.25, 0.3) is 0 Å². The fourth-order valence-corrected chi connectivity index (χ4v) is 9.01. The summed E-state index contributed by atoms with van der Waals surface area (Å²) >= 11 is 5.36. The zero-order valence-corrected chi connectivity index (χ0v) is 20.9. The molecule has 6 atom stereocenters. The number of amides is 3. The summed E-state index contributed by atoms with van der Waals surface area (Å²) in [6.45, 7) is 5.97. The molecule has 4 rings (SSSR count). The molecule has 1 aromatic rings. The third-order valence-corrected chi connectivity index (χ3v) is 9.66. The lowest BCUT2D eigenvalue weighted by molar-refractivity contribution is -0.139. The molecule has 0 radical (unpaired) electrons. The van der Waals surface area contributed by atoms with Crippen LogP contribution in [0.1, 0.15) is 33.6 Å². The first-order valence-corrected chi connectivity index (χ1v) is 12.8. The molecular weight excluding hydrogens is 494 g/mol. The Bertz CT molecular complexity index is 908. The van der Waals surface area contributed by atoms with Crippen LogP contribution in [0.2, 0.25) is 0 Å². The van der Waals surface area contributed by atoms with Crippen molar-refractivity contribution in [2.75, 3.05) is 18.5 Å². The van der Waals surface area contributed by atoms with Crippen LogP contribution in [0.4, 0.5) is 5.69 Å². The number of nitrogens with one attached hydrogen (secondary N) is 2. The molecule has 3 aliphatic rings. The van der Waals surface area contributed by atoms with E-state index in [2.05, 4.69) is 26.6 Å². The van der Waals surface area contributed by atoms with Gasteiger partial charge >= 0.3 is 0 Å². The van der Waals surface area contributed by atoms with Crippen LogP contribution in [0.5, 0.6) is 0 Å². The lowest BCUT2D eigenvalue weighted by Gasteiger charge is -2.36. The number of thioether (sulfide) groups is 1. The second-order valence-electron chi connectivity index (χ2n) is 9.87. The van der Waals surface area contributed by atoms with Gasteiger partial charge in [-0.2, -0.15) is 0 Å². The molecule has 2 bridgehead atoms. The van der Waals surface area contributed by atoms with Gasteiger partial charge in [-0.25, -0.2) is 0 Å². The molecule has 0 aliphatic carbocycles. The number of anilines is 1. The SMILES string of the molecule is CC(C)(C)NC(=O)C1N(CCCO)C(=O)[C@@H]2[C@H](C(=O)Nc3ccccc3)[C@H]3SC12CC3Br. The molecule has 3 saturated heterocycles. The summed E-state index contributed by atoms with van der Waals surface area (Å²) in [6.07, 6.45) is 1.03. The third kappa shape index (κ3) is 3.96. The number of carbonyl (C=O) groups excluding carboxylic acids is 3. The van der Waals surface area contributed by atoms with Crippen molar-refractivity contribution in [1.82, 2.24) is 10.2 Å². The number of likely N-dealkylation sites (tertiary alicyclic amines) is 1. The summed E-state index contributed by atoms with van der Waals surface area (Å²) in [5, 5.41) is 15.3. The first-order valence-electron chi connectivity index (χ1n) is 11.0. The summed E-state index contributed by atoms with van der Waals surface area (Å²) < 4.78 is -0.667. The highest BCUT2D eigenvalue weighted by molar-refractivity contribution is 9.09. The molecule has 3 unspecified atom stereocenters. The van der Waals surface area contributed by atoms with Crippen LogP contribution < -0.4 is 10.6 Å². The van der Waals surface area contributed by atoms with Crippen molar-refractivity contribution < 1.29 is 19.5 Å². The maximum Gasteiger partial charge on any atom is 0.244 e. The Morgan fingerprint density at radius 3 is 2.56 bits per heavy atom.